The maximum Gasteiger partial charge on any atom is 0.254 e. The topological polar surface area (TPSA) is 137 Å². The number of ether oxygens (including phenoxy) is 1. The van der Waals surface area contributed by atoms with E-state index in [1.54, 1.807) is 4.90 Å². The molecular weight excluding hydrogens is 414 g/mol. The molecule has 1 aliphatic carbocycles. The SMILES string of the molecule is N=[N+]=NC(C(=O)C1CCC(F)(F)CC1C(=O)[O-])c1ccc(C(=O)N2CCOCC2)cc1. The van der Waals surface area contributed by atoms with E-state index in [9.17, 15) is 28.3 Å². The van der Waals surface area contributed by atoms with Gasteiger partial charge in [0.2, 0.25) is 16.9 Å². The van der Waals surface area contributed by atoms with Crippen LogP contribution < -0.4 is 10.0 Å². The zero-order valence-electron chi connectivity index (χ0n) is 16.6. The van der Waals surface area contributed by atoms with Crippen molar-refractivity contribution in [1.29, 1.82) is 5.53 Å². The van der Waals surface area contributed by atoms with Crippen LogP contribution in [0.5, 0.6) is 0 Å². The van der Waals surface area contributed by atoms with Crippen molar-refractivity contribution in [1.82, 2.24) is 9.81 Å². The number of hydrogen-bond donors (Lipinski definition) is 1. The van der Waals surface area contributed by atoms with E-state index in [4.69, 9.17) is 10.3 Å². The summed E-state index contributed by atoms with van der Waals surface area (Å²) >= 11 is 0. The van der Waals surface area contributed by atoms with Crippen LogP contribution in [-0.4, -0.2) is 54.8 Å². The molecule has 1 saturated carbocycles. The standard InChI is InChI=1S/C20H22F2N4O5/c21-20(22)6-5-14(15(11-20)19(29)30)17(27)16(24-25-23)12-1-3-13(4-2-12)18(28)26-7-9-31-10-8-26/h1-4,14-16,23H,5-11H2. The number of benzene rings is 1. The highest BCUT2D eigenvalue weighted by Crippen LogP contribution is 2.42. The molecule has 166 valence electrons. The van der Waals surface area contributed by atoms with Crippen LogP contribution >= 0.6 is 0 Å². The van der Waals surface area contributed by atoms with Crippen molar-refractivity contribution >= 4 is 17.7 Å². The summed E-state index contributed by atoms with van der Waals surface area (Å²) < 4.78 is 32.6. The Morgan fingerprint density at radius 3 is 2.42 bits per heavy atom. The van der Waals surface area contributed by atoms with Gasteiger partial charge in [-0.3, -0.25) is 9.59 Å². The molecule has 3 atom stereocenters. The number of carbonyl (C=O) groups is 3. The molecule has 2 fully saturated rings. The number of carbonyl (C=O) groups excluding carboxylic acids is 3. The Balaban J connectivity index is 1.81. The van der Waals surface area contributed by atoms with Crippen LogP contribution in [0.1, 0.15) is 41.2 Å². The van der Waals surface area contributed by atoms with Crippen LogP contribution in [-0.2, 0) is 14.3 Å². The average Bonchev–Trinajstić information content (AvgIpc) is 2.76. The number of Topliss-reactive ketones (excluding diaryl/α,β-unsaturated/α-hetero) is 1. The molecule has 0 aromatic heterocycles. The van der Waals surface area contributed by atoms with E-state index in [1.807, 2.05) is 0 Å². The number of nitrogens with one attached hydrogen (secondary N) is 1. The Labute approximate surface area is 176 Å². The Bertz CT molecular complexity index is 895. The Morgan fingerprint density at radius 2 is 1.84 bits per heavy atom. The number of alkyl halides is 2. The molecule has 1 aromatic carbocycles. The van der Waals surface area contributed by atoms with E-state index in [0.29, 0.717) is 31.9 Å². The molecule has 0 radical (unpaired) electrons. The fourth-order valence-electron chi connectivity index (χ4n) is 4.03. The summed E-state index contributed by atoms with van der Waals surface area (Å²) in [7, 11) is 0. The monoisotopic (exact) mass is 436 g/mol. The van der Waals surface area contributed by atoms with Crippen molar-refractivity contribution in [3.8, 4) is 0 Å². The number of carboxylic acid groups (broad SMARTS) is 1. The van der Waals surface area contributed by atoms with Crippen molar-refractivity contribution < 1.29 is 33.0 Å². The van der Waals surface area contributed by atoms with Crippen LogP contribution in [0.4, 0.5) is 8.78 Å². The average molecular weight is 436 g/mol. The third-order valence-corrected chi connectivity index (χ3v) is 5.71. The number of aliphatic carboxylic acids is 1. The van der Waals surface area contributed by atoms with Gasteiger partial charge in [0.15, 0.2) is 5.78 Å². The van der Waals surface area contributed by atoms with E-state index in [-0.39, 0.29) is 17.9 Å². The Kier molecular flexibility index (Phi) is 6.87. The molecule has 1 saturated heterocycles. The Hall–Kier alpha value is -3.04. The molecule has 1 aliphatic heterocycles. The fourth-order valence-corrected chi connectivity index (χ4v) is 4.03. The van der Waals surface area contributed by atoms with Gasteiger partial charge in [0.25, 0.3) is 5.91 Å². The van der Waals surface area contributed by atoms with E-state index in [2.05, 4.69) is 10.0 Å². The lowest BCUT2D eigenvalue weighted by molar-refractivity contribution is -0.316. The number of amides is 1. The summed E-state index contributed by atoms with van der Waals surface area (Å²) in [6.45, 7) is 1.83. The molecule has 3 unspecified atom stereocenters. The highest BCUT2D eigenvalue weighted by molar-refractivity contribution is 5.95. The number of ketones is 1. The fraction of sp³-hybridized carbons (Fsp3) is 0.550. The van der Waals surface area contributed by atoms with Crippen molar-refractivity contribution in [3.63, 3.8) is 0 Å². The first-order chi connectivity index (χ1) is 14.7. The number of nitrogens with zero attached hydrogens (tertiary/aromatic N) is 3. The highest BCUT2D eigenvalue weighted by Gasteiger charge is 2.47. The van der Waals surface area contributed by atoms with Crippen LogP contribution in [0, 0.1) is 17.4 Å². The zero-order valence-corrected chi connectivity index (χ0v) is 16.6. The van der Waals surface area contributed by atoms with Crippen molar-refractivity contribution in [2.45, 2.75) is 31.2 Å². The second kappa shape index (κ2) is 9.40. The quantitative estimate of drug-likeness (QED) is 0.526. The van der Waals surface area contributed by atoms with Crippen molar-refractivity contribution in [2.24, 2.45) is 17.0 Å². The molecule has 9 nitrogen and oxygen atoms in total. The summed E-state index contributed by atoms with van der Waals surface area (Å²) in [5, 5.41) is 15.0. The third kappa shape index (κ3) is 5.18. The van der Waals surface area contributed by atoms with E-state index in [1.165, 1.54) is 24.3 Å². The summed E-state index contributed by atoms with van der Waals surface area (Å²) in [4.78, 5) is 41.5. The first-order valence-electron chi connectivity index (χ1n) is 9.89. The van der Waals surface area contributed by atoms with Gasteiger partial charge in [0, 0.05) is 49.3 Å². The van der Waals surface area contributed by atoms with Crippen LogP contribution in [0.15, 0.2) is 29.4 Å². The number of morpholine rings is 1. The molecule has 1 amide bonds. The maximum absolute atomic E-state index is 13.7. The first kappa shape index (κ1) is 22.6. The Morgan fingerprint density at radius 1 is 1.19 bits per heavy atom. The van der Waals surface area contributed by atoms with Gasteiger partial charge in [-0.2, -0.15) is 0 Å². The van der Waals surface area contributed by atoms with Gasteiger partial charge in [0.05, 0.1) is 13.2 Å². The second-order valence-electron chi connectivity index (χ2n) is 7.68. The normalized spacial score (nSPS) is 24.0. The molecule has 3 rings (SSSR count). The molecule has 1 N–H and O–H groups in total. The lowest BCUT2D eigenvalue weighted by Gasteiger charge is -2.36. The molecule has 1 heterocycles. The van der Waals surface area contributed by atoms with Gasteiger partial charge in [-0.25, -0.2) is 8.78 Å². The first-order valence-corrected chi connectivity index (χ1v) is 9.89. The summed E-state index contributed by atoms with van der Waals surface area (Å²) in [6.07, 6.45) is -1.93. The maximum atomic E-state index is 13.7. The van der Waals surface area contributed by atoms with Crippen molar-refractivity contribution in [3.05, 3.63) is 35.4 Å². The number of carboxylic acids is 1. The minimum atomic E-state index is -3.19. The van der Waals surface area contributed by atoms with E-state index in [0.717, 1.165) is 0 Å². The number of rotatable bonds is 6. The second-order valence-corrected chi connectivity index (χ2v) is 7.68. The van der Waals surface area contributed by atoms with E-state index < -0.39 is 48.4 Å². The molecule has 1 aromatic rings. The number of halogens is 2. The van der Waals surface area contributed by atoms with Gasteiger partial charge in [-0.1, -0.05) is 12.1 Å². The van der Waals surface area contributed by atoms with Crippen molar-refractivity contribution in [2.75, 3.05) is 26.3 Å². The van der Waals surface area contributed by atoms with Gasteiger partial charge in [-0.05, 0) is 24.1 Å². The highest BCUT2D eigenvalue weighted by atomic mass is 19.3. The summed E-state index contributed by atoms with van der Waals surface area (Å²) in [5.41, 5.74) is 7.68. The van der Waals surface area contributed by atoms with Gasteiger partial charge in [0.1, 0.15) is 10.6 Å². The predicted octanol–water partition coefficient (Wildman–Crippen LogP) is 1.12. The third-order valence-electron chi connectivity index (χ3n) is 5.71. The van der Waals surface area contributed by atoms with Crippen LogP contribution in [0.25, 0.3) is 0 Å². The van der Waals surface area contributed by atoms with Gasteiger partial charge in [-0.15, -0.1) is 0 Å². The molecule has 11 heteroatoms. The largest absolute Gasteiger partial charge is 0.550 e. The summed E-state index contributed by atoms with van der Waals surface area (Å²) in [5.74, 6) is -8.70. The minimum absolute atomic E-state index is 0.202. The molecule has 0 bridgehead atoms. The summed E-state index contributed by atoms with van der Waals surface area (Å²) in [6, 6.07) is 4.60. The molecule has 31 heavy (non-hydrogen) atoms. The van der Waals surface area contributed by atoms with Gasteiger partial charge >= 0.3 is 0 Å². The van der Waals surface area contributed by atoms with E-state index >= 15 is 0 Å². The molecule has 0 spiro atoms. The number of hydrogen-bond acceptors (Lipinski definition) is 7. The lowest BCUT2D eigenvalue weighted by Crippen LogP contribution is -2.46. The smallest absolute Gasteiger partial charge is 0.254 e. The zero-order chi connectivity index (χ0) is 22.6. The van der Waals surface area contributed by atoms with Crippen LogP contribution in [0.2, 0.25) is 0 Å². The van der Waals surface area contributed by atoms with Crippen LogP contribution in [0.3, 0.4) is 0 Å². The van der Waals surface area contributed by atoms with Gasteiger partial charge < -0.3 is 19.5 Å². The predicted molar refractivity (Wildman–Crippen MR) is 99.0 cm³/mol. The molecule has 2 aliphatic rings. The minimum Gasteiger partial charge on any atom is -0.550 e. The molecular formula is C20H22F2N4O5. The lowest BCUT2D eigenvalue weighted by atomic mass is 9.73.